The fraction of sp³-hybridized carbons (Fsp3) is 0.222. The van der Waals surface area contributed by atoms with E-state index in [1.807, 2.05) is 31.2 Å². The number of carbonyl (C=O) groups is 2. The molecular formula is C18H17ClN2O3. The van der Waals surface area contributed by atoms with Crippen molar-refractivity contribution in [1.29, 1.82) is 0 Å². The van der Waals surface area contributed by atoms with Crippen LogP contribution in [0.4, 0.5) is 11.4 Å². The van der Waals surface area contributed by atoms with Crippen molar-refractivity contribution in [1.82, 2.24) is 0 Å². The second-order valence-corrected chi connectivity index (χ2v) is 6.15. The van der Waals surface area contributed by atoms with Crippen molar-refractivity contribution in [2.24, 2.45) is 0 Å². The lowest BCUT2D eigenvalue weighted by molar-refractivity contribution is -0.127. The largest absolute Gasteiger partial charge is 0.479 e. The van der Waals surface area contributed by atoms with Crippen LogP contribution >= 0.6 is 11.6 Å². The van der Waals surface area contributed by atoms with Gasteiger partial charge in [-0.2, -0.15) is 0 Å². The van der Waals surface area contributed by atoms with Gasteiger partial charge in [0.15, 0.2) is 6.10 Å². The average molecular weight is 345 g/mol. The molecule has 2 aromatic rings. The Morgan fingerprint density at radius 1 is 1.25 bits per heavy atom. The maximum Gasteiger partial charge on any atom is 0.268 e. The van der Waals surface area contributed by atoms with Gasteiger partial charge in [-0.15, -0.1) is 0 Å². The number of hydrogen-bond donors (Lipinski definition) is 1. The lowest BCUT2D eigenvalue weighted by Crippen LogP contribution is -2.47. The van der Waals surface area contributed by atoms with Crippen LogP contribution in [0.15, 0.2) is 42.5 Å². The fourth-order valence-electron chi connectivity index (χ4n) is 2.52. The van der Waals surface area contributed by atoms with Gasteiger partial charge in [0.05, 0.1) is 5.69 Å². The lowest BCUT2D eigenvalue weighted by atomic mass is 10.2. The summed E-state index contributed by atoms with van der Waals surface area (Å²) in [6.45, 7) is 3.53. The smallest absolute Gasteiger partial charge is 0.268 e. The first-order chi connectivity index (χ1) is 11.4. The number of benzene rings is 2. The quantitative estimate of drug-likeness (QED) is 0.928. The minimum absolute atomic E-state index is 0.103. The zero-order valence-corrected chi connectivity index (χ0v) is 14.1. The molecule has 5 nitrogen and oxygen atoms in total. The van der Waals surface area contributed by atoms with Crippen molar-refractivity contribution in [3.05, 3.63) is 53.1 Å². The topological polar surface area (TPSA) is 58.6 Å². The van der Waals surface area contributed by atoms with Crippen LogP contribution < -0.4 is 15.0 Å². The first kappa shape index (κ1) is 16.3. The van der Waals surface area contributed by atoms with Crippen LogP contribution in [0.1, 0.15) is 12.5 Å². The van der Waals surface area contributed by atoms with E-state index < -0.39 is 6.10 Å². The van der Waals surface area contributed by atoms with Crippen LogP contribution in [0.2, 0.25) is 5.02 Å². The molecule has 0 saturated heterocycles. The number of carbonyl (C=O) groups excluding carboxylic acids is 2. The lowest BCUT2D eigenvalue weighted by Gasteiger charge is -2.32. The van der Waals surface area contributed by atoms with Crippen molar-refractivity contribution in [2.75, 3.05) is 16.8 Å². The Balaban J connectivity index is 1.80. The first-order valence-electron chi connectivity index (χ1n) is 7.58. The van der Waals surface area contributed by atoms with Crippen LogP contribution in [0.3, 0.4) is 0 Å². The summed E-state index contributed by atoms with van der Waals surface area (Å²) in [5, 5.41) is 3.27. The zero-order valence-electron chi connectivity index (χ0n) is 13.4. The Labute approximate surface area is 145 Å². The van der Waals surface area contributed by atoms with E-state index in [2.05, 4.69) is 5.32 Å². The zero-order chi connectivity index (χ0) is 17.3. The van der Waals surface area contributed by atoms with E-state index in [0.717, 1.165) is 5.56 Å². The number of amides is 2. The summed E-state index contributed by atoms with van der Waals surface area (Å²) in [5.74, 6) is -0.0225. The molecule has 0 fully saturated rings. The Morgan fingerprint density at radius 2 is 1.96 bits per heavy atom. The van der Waals surface area contributed by atoms with Gasteiger partial charge in [-0.3, -0.25) is 14.5 Å². The molecule has 0 aliphatic carbocycles. The van der Waals surface area contributed by atoms with Crippen molar-refractivity contribution in [2.45, 2.75) is 20.0 Å². The van der Waals surface area contributed by atoms with Crippen LogP contribution in [-0.2, 0) is 9.59 Å². The van der Waals surface area contributed by atoms with Gasteiger partial charge < -0.3 is 10.1 Å². The van der Waals surface area contributed by atoms with Crippen LogP contribution in [0, 0.1) is 6.92 Å². The van der Waals surface area contributed by atoms with E-state index in [4.69, 9.17) is 16.3 Å². The van der Waals surface area contributed by atoms with Crippen LogP contribution in [0.25, 0.3) is 0 Å². The monoisotopic (exact) mass is 344 g/mol. The van der Waals surface area contributed by atoms with Gasteiger partial charge in [-0.05, 0) is 44.2 Å². The van der Waals surface area contributed by atoms with E-state index in [-0.39, 0.29) is 18.4 Å². The maximum absolute atomic E-state index is 12.4. The molecule has 1 unspecified atom stereocenters. The molecule has 2 aromatic carbocycles. The summed E-state index contributed by atoms with van der Waals surface area (Å²) in [6, 6.07) is 12.5. The predicted molar refractivity (Wildman–Crippen MR) is 93.7 cm³/mol. The highest BCUT2D eigenvalue weighted by molar-refractivity contribution is 6.31. The second kappa shape index (κ2) is 6.53. The van der Waals surface area contributed by atoms with E-state index in [1.165, 1.54) is 4.90 Å². The maximum atomic E-state index is 12.4. The third-order valence-corrected chi connectivity index (χ3v) is 4.00. The summed E-state index contributed by atoms with van der Waals surface area (Å²) in [5.41, 5.74) is 2.30. The molecule has 0 spiro atoms. The number of aryl methyl sites for hydroxylation is 1. The van der Waals surface area contributed by atoms with E-state index in [0.29, 0.717) is 22.1 Å². The number of rotatable bonds is 3. The van der Waals surface area contributed by atoms with Crippen LogP contribution in [0.5, 0.6) is 5.75 Å². The normalized spacial score (nSPS) is 16.4. The number of hydrogen-bond acceptors (Lipinski definition) is 3. The van der Waals surface area contributed by atoms with Crippen molar-refractivity contribution < 1.29 is 14.3 Å². The number of nitrogens with one attached hydrogen (secondary N) is 1. The summed E-state index contributed by atoms with van der Waals surface area (Å²) >= 11 is 6.01. The number of fused-ring (bicyclic) bond motifs is 1. The van der Waals surface area contributed by atoms with Gasteiger partial charge in [0.1, 0.15) is 12.3 Å². The van der Waals surface area contributed by atoms with Gasteiger partial charge in [-0.1, -0.05) is 29.3 Å². The highest BCUT2D eigenvalue weighted by Crippen LogP contribution is 2.36. The molecule has 0 saturated carbocycles. The van der Waals surface area contributed by atoms with E-state index >= 15 is 0 Å². The van der Waals surface area contributed by atoms with Gasteiger partial charge >= 0.3 is 0 Å². The Morgan fingerprint density at radius 3 is 2.67 bits per heavy atom. The fourth-order valence-corrected chi connectivity index (χ4v) is 2.69. The van der Waals surface area contributed by atoms with Gasteiger partial charge in [0.25, 0.3) is 5.91 Å². The highest BCUT2D eigenvalue weighted by atomic mass is 35.5. The van der Waals surface area contributed by atoms with E-state index in [9.17, 15) is 9.59 Å². The molecule has 6 heteroatoms. The van der Waals surface area contributed by atoms with Gasteiger partial charge in [-0.25, -0.2) is 0 Å². The minimum Gasteiger partial charge on any atom is -0.479 e. The molecule has 1 atom stereocenters. The molecule has 1 aliphatic heterocycles. The standard InChI is InChI=1S/C18H17ClN2O3/c1-11-3-6-14(7-4-11)20-17(22)10-21-15-9-13(19)5-8-16(15)24-12(2)18(21)23/h3-9,12H,10H2,1-2H3,(H,20,22). The molecule has 1 heterocycles. The summed E-state index contributed by atoms with van der Waals surface area (Å²) in [4.78, 5) is 26.1. The average Bonchev–Trinajstić information content (AvgIpc) is 2.55. The van der Waals surface area contributed by atoms with Crippen molar-refractivity contribution in [3.63, 3.8) is 0 Å². The Bertz CT molecular complexity index is 789. The summed E-state index contributed by atoms with van der Waals surface area (Å²) in [6.07, 6.45) is -0.647. The summed E-state index contributed by atoms with van der Waals surface area (Å²) < 4.78 is 5.56. The molecule has 1 aliphatic rings. The number of halogens is 1. The number of nitrogens with zero attached hydrogens (tertiary/aromatic N) is 1. The third-order valence-electron chi connectivity index (χ3n) is 3.77. The number of ether oxygens (including phenoxy) is 1. The molecule has 0 aromatic heterocycles. The predicted octanol–water partition coefficient (Wildman–Crippen LogP) is 3.40. The Kier molecular flexibility index (Phi) is 4.44. The summed E-state index contributed by atoms with van der Waals surface area (Å²) in [7, 11) is 0. The minimum atomic E-state index is -0.647. The molecule has 0 bridgehead atoms. The van der Waals surface area contributed by atoms with Crippen molar-refractivity contribution in [3.8, 4) is 5.75 Å². The van der Waals surface area contributed by atoms with Crippen molar-refractivity contribution >= 4 is 34.8 Å². The van der Waals surface area contributed by atoms with E-state index in [1.54, 1.807) is 25.1 Å². The van der Waals surface area contributed by atoms with Gasteiger partial charge in [0.2, 0.25) is 5.91 Å². The molecule has 2 amide bonds. The third kappa shape index (κ3) is 3.36. The number of anilines is 2. The first-order valence-corrected chi connectivity index (χ1v) is 7.96. The highest BCUT2D eigenvalue weighted by Gasteiger charge is 2.32. The molecular weight excluding hydrogens is 328 g/mol. The molecule has 0 radical (unpaired) electrons. The second-order valence-electron chi connectivity index (χ2n) is 5.71. The molecule has 24 heavy (non-hydrogen) atoms. The SMILES string of the molecule is Cc1ccc(NC(=O)CN2C(=O)C(C)Oc3ccc(Cl)cc32)cc1. The molecule has 3 rings (SSSR count). The molecule has 124 valence electrons. The van der Waals surface area contributed by atoms with Gasteiger partial charge in [0, 0.05) is 10.7 Å². The van der Waals surface area contributed by atoms with Crippen LogP contribution in [-0.4, -0.2) is 24.5 Å². The molecule has 1 N–H and O–H groups in total. The Hall–Kier alpha value is -2.53.